The molecule has 5 heteroatoms. The molecule has 1 rings (SSSR count). The van der Waals surface area contributed by atoms with Gasteiger partial charge in [0.2, 0.25) is 0 Å². The third-order valence-electron chi connectivity index (χ3n) is 2.62. The summed E-state index contributed by atoms with van der Waals surface area (Å²) in [6, 6.07) is 5.61. The van der Waals surface area contributed by atoms with E-state index in [2.05, 4.69) is 16.4 Å². The lowest BCUT2D eigenvalue weighted by Crippen LogP contribution is -2.38. The van der Waals surface area contributed by atoms with Crippen molar-refractivity contribution >= 4 is 11.6 Å². The number of amides is 1. The summed E-state index contributed by atoms with van der Waals surface area (Å²) in [5, 5.41) is 11.6. The molecule has 0 saturated heterocycles. The van der Waals surface area contributed by atoms with Crippen LogP contribution in [0.5, 0.6) is 0 Å². The lowest BCUT2D eigenvalue weighted by molar-refractivity contribution is 0.0704. The Kier molecular flexibility index (Phi) is 5.12. The van der Waals surface area contributed by atoms with Crippen LogP contribution in [0.25, 0.3) is 0 Å². The number of carbonyl (C=O) groups excluding carboxylic acids is 1. The second-order valence-electron chi connectivity index (χ2n) is 4.18. The molecule has 0 saturated carbocycles. The van der Waals surface area contributed by atoms with E-state index in [-0.39, 0.29) is 11.9 Å². The number of hydrogen-bond donors (Lipinski definition) is 1. The van der Waals surface area contributed by atoms with Crippen LogP contribution in [0.15, 0.2) is 18.3 Å². The molecule has 0 bridgehead atoms. The highest BCUT2D eigenvalue weighted by molar-refractivity contribution is 5.93. The zero-order valence-corrected chi connectivity index (χ0v) is 11.0. The Balaban J connectivity index is 2.91. The largest absolute Gasteiger partial charge is 0.388 e. The van der Waals surface area contributed by atoms with Gasteiger partial charge in [-0.1, -0.05) is 0 Å². The monoisotopic (exact) mass is 246 g/mol. The molecule has 0 radical (unpaired) electrons. The Morgan fingerprint density at radius 3 is 2.89 bits per heavy atom. The maximum Gasteiger partial charge on any atom is 0.272 e. The van der Waals surface area contributed by atoms with E-state index >= 15 is 0 Å². The number of hydrogen-bond acceptors (Lipinski definition) is 4. The van der Waals surface area contributed by atoms with Crippen molar-refractivity contribution in [2.45, 2.75) is 26.3 Å². The summed E-state index contributed by atoms with van der Waals surface area (Å²) >= 11 is 0. The molecule has 0 aliphatic heterocycles. The SMILES string of the molecule is CNc1ccnc(C(=O)N(CCC#N)C(C)C)c1. The Labute approximate surface area is 107 Å². The van der Waals surface area contributed by atoms with E-state index in [9.17, 15) is 4.79 Å². The predicted octanol–water partition coefficient (Wildman–Crippen LogP) is 1.89. The standard InChI is InChI=1S/C13H18N4O/c1-10(2)17(8-4-6-14)13(18)12-9-11(15-3)5-7-16-12/h5,7,9-10H,4,8H2,1-3H3,(H,15,16). The van der Waals surface area contributed by atoms with Crippen molar-refractivity contribution in [2.75, 3.05) is 18.9 Å². The molecular weight excluding hydrogens is 228 g/mol. The van der Waals surface area contributed by atoms with Crippen molar-refractivity contribution in [1.82, 2.24) is 9.88 Å². The van der Waals surface area contributed by atoms with Gasteiger partial charge in [0.15, 0.2) is 0 Å². The van der Waals surface area contributed by atoms with Gasteiger partial charge in [0.25, 0.3) is 5.91 Å². The third-order valence-corrected chi connectivity index (χ3v) is 2.62. The molecule has 1 aromatic heterocycles. The van der Waals surface area contributed by atoms with Gasteiger partial charge in [0.05, 0.1) is 12.5 Å². The molecule has 0 aliphatic carbocycles. The van der Waals surface area contributed by atoms with E-state index in [1.165, 1.54) is 0 Å². The first kappa shape index (κ1) is 14.0. The van der Waals surface area contributed by atoms with E-state index < -0.39 is 0 Å². The first-order valence-corrected chi connectivity index (χ1v) is 5.92. The first-order valence-electron chi connectivity index (χ1n) is 5.92. The second kappa shape index (κ2) is 6.60. The van der Waals surface area contributed by atoms with Gasteiger partial charge in [-0.3, -0.25) is 9.78 Å². The van der Waals surface area contributed by atoms with Gasteiger partial charge in [-0.05, 0) is 26.0 Å². The average Bonchev–Trinajstić information content (AvgIpc) is 2.38. The molecule has 0 fully saturated rings. The van der Waals surface area contributed by atoms with Crippen molar-refractivity contribution in [3.05, 3.63) is 24.0 Å². The van der Waals surface area contributed by atoms with Gasteiger partial charge in [0.1, 0.15) is 5.69 Å². The van der Waals surface area contributed by atoms with E-state index in [0.29, 0.717) is 18.7 Å². The number of anilines is 1. The summed E-state index contributed by atoms with van der Waals surface area (Å²) < 4.78 is 0. The smallest absolute Gasteiger partial charge is 0.272 e. The molecule has 18 heavy (non-hydrogen) atoms. The molecule has 1 amide bonds. The Morgan fingerprint density at radius 1 is 1.61 bits per heavy atom. The zero-order chi connectivity index (χ0) is 13.5. The van der Waals surface area contributed by atoms with E-state index in [4.69, 9.17) is 5.26 Å². The quantitative estimate of drug-likeness (QED) is 0.861. The summed E-state index contributed by atoms with van der Waals surface area (Å²) in [6.45, 7) is 4.28. The average molecular weight is 246 g/mol. The van der Waals surface area contributed by atoms with Gasteiger partial charge >= 0.3 is 0 Å². The molecule has 5 nitrogen and oxygen atoms in total. The van der Waals surface area contributed by atoms with Crippen LogP contribution >= 0.6 is 0 Å². The number of rotatable bonds is 5. The molecule has 1 aromatic rings. The number of nitrogens with zero attached hydrogens (tertiary/aromatic N) is 3. The van der Waals surface area contributed by atoms with Crippen LogP contribution in [0.1, 0.15) is 30.8 Å². The van der Waals surface area contributed by atoms with Gasteiger partial charge < -0.3 is 10.2 Å². The lowest BCUT2D eigenvalue weighted by atomic mass is 10.2. The number of nitriles is 1. The van der Waals surface area contributed by atoms with E-state index in [1.807, 2.05) is 13.8 Å². The summed E-state index contributed by atoms with van der Waals surface area (Å²) in [5.41, 5.74) is 1.24. The summed E-state index contributed by atoms with van der Waals surface area (Å²) in [6.07, 6.45) is 1.93. The van der Waals surface area contributed by atoms with Gasteiger partial charge in [-0.2, -0.15) is 5.26 Å². The van der Waals surface area contributed by atoms with Crippen molar-refractivity contribution in [3.63, 3.8) is 0 Å². The fourth-order valence-electron chi connectivity index (χ4n) is 1.61. The minimum absolute atomic E-state index is 0.0471. The lowest BCUT2D eigenvalue weighted by Gasteiger charge is -2.25. The normalized spacial score (nSPS) is 9.94. The Morgan fingerprint density at radius 2 is 2.33 bits per heavy atom. The highest BCUT2D eigenvalue weighted by Crippen LogP contribution is 2.11. The third kappa shape index (κ3) is 3.45. The molecule has 1 heterocycles. The molecule has 0 unspecified atom stereocenters. The minimum atomic E-state index is -0.141. The van der Waals surface area contributed by atoms with Crippen molar-refractivity contribution < 1.29 is 4.79 Å². The second-order valence-corrected chi connectivity index (χ2v) is 4.18. The maximum atomic E-state index is 12.3. The van der Waals surface area contributed by atoms with Crippen molar-refractivity contribution in [2.24, 2.45) is 0 Å². The summed E-state index contributed by atoms with van der Waals surface area (Å²) in [7, 11) is 1.79. The number of nitrogens with one attached hydrogen (secondary N) is 1. The maximum absolute atomic E-state index is 12.3. The Bertz CT molecular complexity index is 451. The molecular formula is C13H18N4O. The molecule has 96 valence electrons. The Hall–Kier alpha value is -2.09. The van der Waals surface area contributed by atoms with Crippen LogP contribution in [-0.2, 0) is 0 Å². The number of pyridine rings is 1. The van der Waals surface area contributed by atoms with Crippen LogP contribution in [0.3, 0.4) is 0 Å². The predicted molar refractivity (Wildman–Crippen MR) is 70.2 cm³/mol. The van der Waals surface area contributed by atoms with Gasteiger partial charge in [-0.15, -0.1) is 0 Å². The topological polar surface area (TPSA) is 69.0 Å². The van der Waals surface area contributed by atoms with Crippen molar-refractivity contribution in [1.29, 1.82) is 5.26 Å². The fraction of sp³-hybridized carbons (Fsp3) is 0.462. The summed E-state index contributed by atoms with van der Waals surface area (Å²) in [4.78, 5) is 18.0. The highest BCUT2D eigenvalue weighted by atomic mass is 16.2. The highest BCUT2D eigenvalue weighted by Gasteiger charge is 2.19. The zero-order valence-electron chi connectivity index (χ0n) is 11.0. The van der Waals surface area contributed by atoms with Crippen molar-refractivity contribution in [3.8, 4) is 6.07 Å². The fourth-order valence-corrected chi connectivity index (χ4v) is 1.61. The van der Waals surface area contributed by atoms with Crippen LogP contribution in [0.2, 0.25) is 0 Å². The van der Waals surface area contributed by atoms with Gasteiger partial charge in [0, 0.05) is 31.5 Å². The molecule has 0 atom stereocenters. The summed E-state index contributed by atoms with van der Waals surface area (Å²) in [5.74, 6) is -0.141. The van der Waals surface area contributed by atoms with Crippen LogP contribution in [-0.4, -0.2) is 35.4 Å². The van der Waals surface area contributed by atoms with Crippen LogP contribution in [0.4, 0.5) is 5.69 Å². The van der Waals surface area contributed by atoms with Gasteiger partial charge in [-0.25, -0.2) is 0 Å². The van der Waals surface area contributed by atoms with Crippen LogP contribution in [0, 0.1) is 11.3 Å². The minimum Gasteiger partial charge on any atom is -0.388 e. The first-order chi connectivity index (χ1) is 8.60. The number of aromatic nitrogens is 1. The molecule has 0 aliphatic rings. The van der Waals surface area contributed by atoms with E-state index in [1.54, 1.807) is 30.3 Å². The molecule has 1 N–H and O–H groups in total. The number of carbonyl (C=O) groups is 1. The van der Waals surface area contributed by atoms with Crippen LogP contribution < -0.4 is 5.32 Å². The molecule has 0 aromatic carbocycles. The molecule has 0 spiro atoms. The van der Waals surface area contributed by atoms with E-state index in [0.717, 1.165) is 5.69 Å².